The topological polar surface area (TPSA) is 67.2 Å². The Hall–Kier alpha value is -2.96. The minimum absolute atomic E-state index is 0.154. The maximum atomic E-state index is 13.2. The molecule has 0 unspecified atom stereocenters. The molecule has 2 aromatic carbocycles. The molecule has 29 heavy (non-hydrogen) atoms. The number of benzene rings is 2. The van der Waals surface area contributed by atoms with Crippen molar-refractivity contribution in [3.8, 4) is 11.3 Å². The smallest absolute Gasteiger partial charge is 0.291 e. The maximum absolute atomic E-state index is 13.2. The van der Waals surface area contributed by atoms with Crippen LogP contribution in [0.3, 0.4) is 0 Å². The van der Waals surface area contributed by atoms with E-state index in [1.165, 1.54) is 4.68 Å². The first-order chi connectivity index (χ1) is 13.9. The summed E-state index contributed by atoms with van der Waals surface area (Å²) in [7, 11) is 3.62. The van der Waals surface area contributed by atoms with Crippen molar-refractivity contribution in [2.24, 2.45) is 0 Å². The average Bonchev–Trinajstić information content (AvgIpc) is 2.69. The molecule has 0 radical (unpaired) electrons. The Bertz CT molecular complexity index is 1080. The van der Waals surface area contributed by atoms with Gasteiger partial charge in [-0.2, -0.15) is 5.10 Å². The Morgan fingerprint density at radius 3 is 2.48 bits per heavy atom. The van der Waals surface area contributed by atoms with Gasteiger partial charge < -0.3 is 10.2 Å². The van der Waals surface area contributed by atoms with Gasteiger partial charge in [-0.1, -0.05) is 48.0 Å². The van der Waals surface area contributed by atoms with Crippen LogP contribution in [0, 0.1) is 0 Å². The predicted octanol–water partition coefficient (Wildman–Crippen LogP) is 4.07. The van der Waals surface area contributed by atoms with E-state index < -0.39 is 0 Å². The third kappa shape index (κ3) is 4.72. The summed E-state index contributed by atoms with van der Waals surface area (Å²) >= 11 is 6.10. The number of carbonyl (C=O) groups is 1. The summed E-state index contributed by atoms with van der Waals surface area (Å²) in [5.41, 5.74) is 2.00. The second-order valence-electron chi connectivity index (χ2n) is 6.88. The van der Waals surface area contributed by atoms with Crippen LogP contribution in [0.5, 0.6) is 0 Å². The maximum Gasteiger partial charge on any atom is 0.291 e. The molecule has 1 N–H and O–H groups in total. The highest BCUT2D eigenvalue weighted by molar-refractivity contribution is 6.30. The lowest BCUT2D eigenvalue weighted by atomic mass is 10.0. The molecule has 6 nitrogen and oxygen atoms in total. The number of aryl methyl sites for hydroxylation is 1. The summed E-state index contributed by atoms with van der Waals surface area (Å²) in [5, 5.41) is 8.16. The lowest BCUT2D eigenvalue weighted by molar-refractivity contribution is 0.0958. The first-order valence-corrected chi connectivity index (χ1v) is 9.69. The normalized spacial score (nSPS) is 10.9. The number of hydrogen-bond donors (Lipinski definition) is 1. The van der Waals surface area contributed by atoms with Crippen molar-refractivity contribution < 1.29 is 4.79 Å². The first kappa shape index (κ1) is 20.8. The molecule has 0 atom stereocenters. The molecule has 0 bridgehead atoms. The highest BCUT2D eigenvalue weighted by atomic mass is 35.5. The number of hydrogen-bond acceptors (Lipinski definition) is 5. The Labute approximate surface area is 174 Å². The van der Waals surface area contributed by atoms with Gasteiger partial charge in [0.05, 0.1) is 12.1 Å². The van der Waals surface area contributed by atoms with Crippen molar-refractivity contribution in [3.63, 3.8) is 0 Å². The molecule has 1 aromatic heterocycles. The summed E-state index contributed by atoms with van der Waals surface area (Å²) in [5.74, 6) is -0.189. The zero-order valence-electron chi connectivity index (χ0n) is 16.6. The molecule has 0 amide bonds. The molecular weight excluding hydrogens is 388 g/mol. The summed E-state index contributed by atoms with van der Waals surface area (Å²) in [6, 6.07) is 16.4. The predicted molar refractivity (Wildman–Crippen MR) is 117 cm³/mol. The van der Waals surface area contributed by atoms with Crippen molar-refractivity contribution in [1.82, 2.24) is 14.7 Å². The third-order valence-electron chi connectivity index (χ3n) is 4.34. The SMILES string of the molecule is CCn1nc(-c2ccccc2)c(C(=O)CN(C)C)c(Nc2cccc(Cl)c2)c1=O. The molecular formula is C22H23ClN4O2. The van der Waals surface area contributed by atoms with Crippen molar-refractivity contribution in [2.45, 2.75) is 13.5 Å². The number of rotatable bonds is 7. The quantitative estimate of drug-likeness (QED) is 0.594. The Morgan fingerprint density at radius 1 is 1.14 bits per heavy atom. The summed E-state index contributed by atoms with van der Waals surface area (Å²) in [6.07, 6.45) is 0. The van der Waals surface area contributed by atoms with Crippen LogP contribution in [0.1, 0.15) is 17.3 Å². The van der Waals surface area contributed by atoms with Gasteiger partial charge in [0.25, 0.3) is 5.56 Å². The molecule has 0 aliphatic rings. The molecule has 3 aromatic rings. The molecule has 0 saturated carbocycles. The van der Waals surface area contributed by atoms with Crippen LogP contribution < -0.4 is 10.9 Å². The molecule has 7 heteroatoms. The van der Waals surface area contributed by atoms with Gasteiger partial charge >= 0.3 is 0 Å². The van der Waals surface area contributed by atoms with E-state index in [4.69, 9.17) is 11.6 Å². The van der Waals surface area contributed by atoms with Gasteiger partial charge in [-0.05, 0) is 39.2 Å². The van der Waals surface area contributed by atoms with Crippen molar-refractivity contribution in [1.29, 1.82) is 0 Å². The summed E-state index contributed by atoms with van der Waals surface area (Å²) in [4.78, 5) is 28.1. The first-order valence-electron chi connectivity index (χ1n) is 9.31. The number of anilines is 2. The molecule has 0 fully saturated rings. The number of aromatic nitrogens is 2. The van der Waals surface area contributed by atoms with E-state index in [0.717, 1.165) is 5.56 Å². The molecule has 0 spiro atoms. The number of nitrogens with zero attached hydrogens (tertiary/aromatic N) is 3. The molecule has 1 heterocycles. The second-order valence-corrected chi connectivity index (χ2v) is 7.32. The Kier molecular flexibility index (Phi) is 6.46. The lowest BCUT2D eigenvalue weighted by Crippen LogP contribution is -2.31. The fraction of sp³-hybridized carbons (Fsp3) is 0.227. The fourth-order valence-corrected chi connectivity index (χ4v) is 3.24. The number of carbonyl (C=O) groups excluding carboxylic acids is 1. The Morgan fingerprint density at radius 2 is 1.86 bits per heavy atom. The average molecular weight is 411 g/mol. The monoisotopic (exact) mass is 410 g/mol. The highest BCUT2D eigenvalue weighted by Crippen LogP contribution is 2.28. The zero-order valence-corrected chi connectivity index (χ0v) is 17.4. The molecule has 0 aliphatic carbocycles. The number of halogens is 1. The third-order valence-corrected chi connectivity index (χ3v) is 4.57. The summed E-state index contributed by atoms with van der Waals surface area (Å²) < 4.78 is 1.36. The number of nitrogens with one attached hydrogen (secondary N) is 1. The van der Waals surface area contributed by atoms with Gasteiger partial charge in [-0.15, -0.1) is 0 Å². The van der Waals surface area contributed by atoms with Crippen molar-refractivity contribution >= 4 is 28.8 Å². The van der Waals surface area contributed by atoms with Crippen LogP contribution in [0.15, 0.2) is 59.4 Å². The fourth-order valence-electron chi connectivity index (χ4n) is 3.05. The van der Waals surface area contributed by atoms with Gasteiger partial charge in [-0.3, -0.25) is 9.59 Å². The lowest BCUT2D eigenvalue weighted by Gasteiger charge is -2.18. The number of likely N-dealkylation sites (N-methyl/N-ethyl adjacent to an activating group) is 1. The largest absolute Gasteiger partial charge is 0.350 e. The van der Waals surface area contributed by atoms with Crippen molar-refractivity contribution in [3.05, 3.63) is 75.5 Å². The van der Waals surface area contributed by atoms with Crippen LogP contribution >= 0.6 is 11.6 Å². The van der Waals surface area contributed by atoms with Crippen molar-refractivity contribution in [2.75, 3.05) is 26.0 Å². The van der Waals surface area contributed by atoms with Crippen LogP contribution in [-0.4, -0.2) is 41.1 Å². The van der Waals surface area contributed by atoms with Gasteiger partial charge in [0.1, 0.15) is 11.4 Å². The van der Waals surface area contributed by atoms with E-state index in [2.05, 4.69) is 10.4 Å². The minimum atomic E-state index is -0.353. The standard InChI is InChI=1S/C22H23ClN4O2/c1-4-27-22(29)21(24-17-12-8-11-16(23)13-17)19(18(28)14-26(2)3)20(25-27)15-9-6-5-7-10-15/h5-13,24H,4,14H2,1-3H3. The van der Waals surface area contributed by atoms with Crippen LogP contribution in [0.2, 0.25) is 5.02 Å². The molecule has 3 rings (SSSR count). The van der Waals surface area contributed by atoms with Gasteiger partial charge in [0.2, 0.25) is 0 Å². The van der Waals surface area contributed by atoms with E-state index in [9.17, 15) is 9.59 Å². The Balaban J connectivity index is 2.28. The van der Waals surface area contributed by atoms with E-state index in [1.807, 2.05) is 51.4 Å². The minimum Gasteiger partial charge on any atom is -0.350 e. The van der Waals surface area contributed by atoms with E-state index >= 15 is 0 Å². The molecule has 0 aliphatic heterocycles. The van der Waals surface area contributed by atoms with E-state index in [1.54, 1.807) is 29.2 Å². The molecule has 0 saturated heterocycles. The van der Waals surface area contributed by atoms with Crippen LogP contribution in [-0.2, 0) is 6.54 Å². The second kappa shape index (κ2) is 9.03. The van der Waals surface area contributed by atoms with E-state index in [0.29, 0.717) is 22.9 Å². The molecule has 150 valence electrons. The number of ketones is 1. The van der Waals surface area contributed by atoms with Crippen LogP contribution in [0.25, 0.3) is 11.3 Å². The summed E-state index contributed by atoms with van der Waals surface area (Å²) in [6.45, 7) is 2.38. The van der Waals surface area contributed by atoms with Gasteiger partial charge in [0, 0.05) is 22.8 Å². The highest BCUT2D eigenvalue weighted by Gasteiger charge is 2.24. The van der Waals surface area contributed by atoms with E-state index in [-0.39, 0.29) is 29.1 Å². The zero-order chi connectivity index (χ0) is 21.0. The van der Waals surface area contributed by atoms with Gasteiger partial charge in [0.15, 0.2) is 5.78 Å². The van der Waals surface area contributed by atoms with Gasteiger partial charge in [-0.25, -0.2) is 4.68 Å². The van der Waals surface area contributed by atoms with Crippen LogP contribution in [0.4, 0.5) is 11.4 Å². The number of Topliss-reactive ketones (excluding diaryl/α,β-unsaturated/α-hetero) is 1.